The summed E-state index contributed by atoms with van der Waals surface area (Å²) in [7, 11) is 0. The minimum absolute atomic E-state index is 0.0937. The van der Waals surface area contributed by atoms with E-state index in [1.165, 1.54) is 22.3 Å². The van der Waals surface area contributed by atoms with Crippen LogP contribution in [-0.2, 0) is 6.42 Å². The number of carbonyl (C=O) groups excluding carboxylic acids is 1. The second-order valence-corrected chi connectivity index (χ2v) is 9.33. The van der Waals surface area contributed by atoms with Gasteiger partial charge in [0.15, 0.2) is 0 Å². The molecule has 0 radical (unpaired) electrons. The molecule has 1 unspecified atom stereocenters. The number of hydrogen-bond donors (Lipinski definition) is 0. The van der Waals surface area contributed by atoms with Crippen molar-refractivity contribution in [2.75, 3.05) is 6.54 Å². The number of rotatable bonds is 10. The third kappa shape index (κ3) is 5.63. The Balaban J connectivity index is 1.83. The monoisotopic (exact) mass is 499 g/mol. The topological polar surface area (TPSA) is 55.2 Å². The molecule has 1 aromatic heterocycles. The lowest BCUT2D eigenvalue weighted by Gasteiger charge is -2.32. The highest BCUT2D eigenvalue weighted by Crippen LogP contribution is 2.28. The summed E-state index contributed by atoms with van der Waals surface area (Å²) in [6.07, 6.45) is 4.54. The third-order valence-corrected chi connectivity index (χ3v) is 6.69. The quantitative estimate of drug-likeness (QED) is 0.239. The van der Waals surface area contributed by atoms with E-state index in [1.807, 2.05) is 55.1 Å². The molecular formula is C31H34FN3O2. The zero-order chi connectivity index (χ0) is 26.4. The summed E-state index contributed by atoms with van der Waals surface area (Å²) in [6, 6.07) is 20.4. The first-order valence-electron chi connectivity index (χ1n) is 13.2. The first kappa shape index (κ1) is 26.3. The number of benzene rings is 3. The Bertz CT molecular complexity index is 1410. The molecule has 1 amide bonds. The Kier molecular flexibility index (Phi) is 8.49. The van der Waals surface area contributed by atoms with Crippen LogP contribution in [0.4, 0.5) is 4.39 Å². The van der Waals surface area contributed by atoms with Crippen molar-refractivity contribution in [2.45, 2.75) is 58.9 Å². The van der Waals surface area contributed by atoms with Gasteiger partial charge in [0, 0.05) is 12.1 Å². The number of nitrogens with zero attached hydrogens (tertiary/aromatic N) is 3. The number of halogens is 1. The minimum Gasteiger partial charge on any atom is -0.328 e. The standard InChI is InChI=1S/C31H34FN3O2/c1-4-7-10-22-13-15-23(16-14-22)30(36)34(21-5-2)28(6-3)29-33-27-12-9-8-11-26(27)31(37)35(29)25-19-17-24(32)18-20-25/h8-9,11-20,28H,4-7,10,21H2,1-3H3. The van der Waals surface area contributed by atoms with Crippen molar-refractivity contribution in [3.8, 4) is 5.69 Å². The number of amides is 1. The molecule has 192 valence electrons. The summed E-state index contributed by atoms with van der Waals surface area (Å²) in [6.45, 7) is 6.70. The molecule has 5 nitrogen and oxygen atoms in total. The highest BCUT2D eigenvalue weighted by Gasteiger charge is 2.29. The lowest BCUT2D eigenvalue weighted by molar-refractivity contribution is 0.0659. The van der Waals surface area contributed by atoms with Gasteiger partial charge in [-0.25, -0.2) is 9.37 Å². The average molecular weight is 500 g/mol. The van der Waals surface area contributed by atoms with Crippen LogP contribution in [0.2, 0.25) is 0 Å². The Labute approximate surface area is 217 Å². The number of fused-ring (bicyclic) bond motifs is 1. The molecule has 3 aromatic carbocycles. The molecule has 1 atom stereocenters. The van der Waals surface area contributed by atoms with E-state index in [2.05, 4.69) is 6.92 Å². The Morgan fingerprint density at radius 1 is 0.946 bits per heavy atom. The van der Waals surface area contributed by atoms with Crippen LogP contribution in [0.1, 0.15) is 74.2 Å². The number of hydrogen-bond acceptors (Lipinski definition) is 3. The van der Waals surface area contributed by atoms with Crippen LogP contribution in [0.5, 0.6) is 0 Å². The van der Waals surface area contributed by atoms with E-state index in [-0.39, 0.29) is 17.3 Å². The number of carbonyl (C=O) groups is 1. The molecule has 4 aromatic rings. The zero-order valence-electron chi connectivity index (χ0n) is 21.8. The predicted molar refractivity (Wildman–Crippen MR) is 147 cm³/mol. The van der Waals surface area contributed by atoms with Crippen LogP contribution in [0, 0.1) is 5.82 Å². The van der Waals surface area contributed by atoms with Crippen molar-refractivity contribution in [1.29, 1.82) is 0 Å². The minimum atomic E-state index is -0.449. The van der Waals surface area contributed by atoms with Gasteiger partial charge in [-0.05, 0) is 79.8 Å². The number of aromatic nitrogens is 2. The molecule has 0 aliphatic rings. The van der Waals surface area contributed by atoms with Crippen LogP contribution in [0.15, 0.2) is 77.6 Å². The van der Waals surface area contributed by atoms with Gasteiger partial charge >= 0.3 is 0 Å². The smallest absolute Gasteiger partial charge is 0.266 e. The van der Waals surface area contributed by atoms with Crippen LogP contribution in [0.3, 0.4) is 0 Å². The summed E-state index contributed by atoms with van der Waals surface area (Å²) in [5.41, 5.74) is 2.68. The Morgan fingerprint density at radius 3 is 2.30 bits per heavy atom. The van der Waals surface area contributed by atoms with Gasteiger partial charge in [-0.3, -0.25) is 14.2 Å². The molecule has 1 heterocycles. The highest BCUT2D eigenvalue weighted by molar-refractivity contribution is 5.94. The molecule has 0 N–H and O–H groups in total. The van der Waals surface area contributed by atoms with Crippen molar-refractivity contribution in [3.05, 3.63) is 106 Å². The number of unbranched alkanes of at least 4 members (excludes halogenated alkanes) is 1. The van der Waals surface area contributed by atoms with Crippen molar-refractivity contribution in [3.63, 3.8) is 0 Å². The second-order valence-electron chi connectivity index (χ2n) is 9.33. The van der Waals surface area contributed by atoms with Gasteiger partial charge in [0.2, 0.25) is 0 Å². The molecular weight excluding hydrogens is 465 g/mol. The lowest BCUT2D eigenvalue weighted by Crippen LogP contribution is -2.39. The van der Waals surface area contributed by atoms with Gasteiger partial charge in [-0.2, -0.15) is 0 Å². The summed E-state index contributed by atoms with van der Waals surface area (Å²) < 4.78 is 15.3. The van der Waals surface area contributed by atoms with Gasteiger partial charge in [0.05, 0.1) is 22.6 Å². The molecule has 0 bridgehead atoms. The largest absolute Gasteiger partial charge is 0.328 e. The van der Waals surface area contributed by atoms with Crippen molar-refractivity contribution in [1.82, 2.24) is 14.5 Å². The maximum Gasteiger partial charge on any atom is 0.266 e. The fourth-order valence-corrected chi connectivity index (χ4v) is 4.76. The van der Waals surface area contributed by atoms with Gasteiger partial charge in [0.25, 0.3) is 11.5 Å². The molecule has 0 saturated carbocycles. The lowest BCUT2D eigenvalue weighted by atomic mass is 10.0. The van der Waals surface area contributed by atoms with E-state index in [0.717, 1.165) is 25.7 Å². The fourth-order valence-electron chi connectivity index (χ4n) is 4.76. The zero-order valence-corrected chi connectivity index (χ0v) is 21.8. The van der Waals surface area contributed by atoms with E-state index in [0.29, 0.717) is 40.9 Å². The first-order valence-corrected chi connectivity index (χ1v) is 13.2. The number of para-hydroxylation sites is 1. The molecule has 0 aliphatic heterocycles. The molecule has 0 fully saturated rings. The van der Waals surface area contributed by atoms with Crippen molar-refractivity contribution in [2.24, 2.45) is 0 Å². The molecule has 6 heteroatoms. The van der Waals surface area contributed by atoms with Crippen molar-refractivity contribution < 1.29 is 9.18 Å². The Morgan fingerprint density at radius 2 is 1.65 bits per heavy atom. The molecule has 4 rings (SSSR count). The summed E-state index contributed by atoms with van der Waals surface area (Å²) >= 11 is 0. The SMILES string of the molecule is CCCCc1ccc(C(=O)N(CCC)C(CC)c2nc3ccccc3c(=O)n2-c2ccc(F)cc2)cc1. The first-order chi connectivity index (χ1) is 18.0. The summed E-state index contributed by atoms with van der Waals surface area (Å²) in [5, 5.41) is 0.474. The van der Waals surface area contributed by atoms with Crippen LogP contribution >= 0.6 is 0 Å². The predicted octanol–water partition coefficient (Wildman–Crippen LogP) is 6.87. The third-order valence-electron chi connectivity index (χ3n) is 6.69. The summed E-state index contributed by atoms with van der Waals surface area (Å²) in [5.74, 6) is -0.00714. The molecule has 0 saturated heterocycles. The van der Waals surface area contributed by atoms with E-state index < -0.39 is 6.04 Å². The van der Waals surface area contributed by atoms with Crippen molar-refractivity contribution >= 4 is 16.8 Å². The van der Waals surface area contributed by atoms with Gasteiger partial charge < -0.3 is 4.90 Å². The van der Waals surface area contributed by atoms with Gasteiger partial charge in [-0.15, -0.1) is 0 Å². The van der Waals surface area contributed by atoms with E-state index in [1.54, 1.807) is 24.3 Å². The maximum atomic E-state index is 13.8. The number of aryl methyl sites for hydroxylation is 1. The highest BCUT2D eigenvalue weighted by atomic mass is 19.1. The van der Waals surface area contributed by atoms with E-state index in [9.17, 15) is 14.0 Å². The van der Waals surface area contributed by atoms with Crippen LogP contribution in [-0.4, -0.2) is 26.9 Å². The van der Waals surface area contributed by atoms with Crippen LogP contribution < -0.4 is 5.56 Å². The molecule has 37 heavy (non-hydrogen) atoms. The normalized spacial score (nSPS) is 12.0. The van der Waals surface area contributed by atoms with E-state index >= 15 is 0 Å². The maximum absolute atomic E-state index is 13.8. The Hall–Kier alpha value is -3.80. The van der Waals surface area contributed by atoms with E-state index in [4.69, 9.17) is 4.98 Å². The fraction of sp³-hybridized carbons (Fsp3) is 0.323. The van der Waals surface area contributed by atoms with Gasteiger partial charge in [-0.1, -0.05) is 51.5 Å². The van der Waals surface area contributed by atoms with Crippen LogP contribution in [0.25, 0.3) is 16.6 Å². The summed E-state index contributed by atoms with van der Waals surface area (Å²) in [4.78, 5) is 34.3. The second kappa shape index (κ2) is 12.0. The van der Waals surface area contributed by atoms with Gasteiger partial charge in [0.1, 0.15) is 11.6 Å². The average Bonchev–Trinajstić information content (AvgIpc) is 2.92. The molecule has 0 spiro atoms. The molecule has 0 aliphatic carbocycles.